The van der Waals surface area contributed by atoms with Gasteiger partial charge in [-0.2, -0.15) is 0 Å². The van der Waals surface area contributed by atoms with Crippen LogP contribution in [0.5, 0.6) is 11.5 Å². The molecule has 1 saturated heterocycles. The zero-order valence-electron chi connectivity index (χ0n) is 18.6. The number of rotatable bonds is 6. The van der Waals surface area contributed by atoms with Gasteiger partial charge in [-0.25, -0.2) is 0 Å². The third-order valence-corrected chi connectivity index (χ3v) is 5.93. The SMILES string of the molecule is COc1ccc(C2/C(=C(\O)c3ccc(OC(C)C)cc3)C(=O)C(=O)N2c2nnc(C)s2)cc1. The highest BCUT2D eigenvalue weighted by molar-refractivity contribution is 7.15. The molecule has 0 bridgehead atoms. The summed E-state index contributed by atoms with van der Waals surface area (Å²) >= 11 is 1.20. The van der Waals surface area contributed by atoms with Gasteiger partial charge in [0.15, 0.2) is 0 Å². The maximum atomic E-state index is 13.1. The highest BCUT2D eigenvalue weighted by atomic mass is 32.1. The molecule has 1 N–H and O–H groups in total. The van der Waals surface area contributed by atoms with Crippen molar-refractivity contribution in [2.75, 3.05) is 12.0 Å². The number of hydrogen-bond donors (Lipinski definition) is 1. The fourth-order valence-electron chi connectivity index (χ4n) is 3.63. The Morgan fingerprint density at radius 3 is 2.21 bits per heavy atom. The highest BCUT2D eigenvalue weighted by Crippen LogP contribution is 2.43. The molecule has 1 fully saturated rings. The van der Waals surface area contributed by atoms with Crippen LogP contribution in [0.1, 0.15) is 36.0 Å². The minimum Gasteiger partial charge on any atom is -0.507 e. The number of aliphatic hydroxyl groups is 1. The quantitative estimate of drug-likeness (QED) is 0.329. The van der Waals surface area contributed by atoms with Crippen LogP contribution in [-0.4, -0.2) is 40.2 Å². The first-order chi connectivity index (χ1) is 15.8. The van der Waals surface area contributed by atoms with Crippen molar-refractivity contribution in [1.29, 1.82) is 0 Å². The molecule has 0 aliphatic carbocycles. The lowest BCUT2D eigenvalue weighted by Gasteiger charge is -2.22. The van der Waals surface area contributed by atoms with E-state index in [1.807, 2.05) is 13.8 Å². The van der Waals surface area contributed by atoms with Gasteiger partial charge in [-0.05, 0) is 62.7 Å². The number of methoxy groups -OCH3 is 1. The molecule has 0 saturated carbocycles. The summed E-state index contributed by atoms with van der Waals surface area (Å²) in [5.74, 6) is -0.563. The fourth-order valence-corrected chi connectivity index (χ4v) is 4.35. The molecule has 9 heteroatoms. The number of anilines is 1. The number of aryl methyl sites for hydroxylation is 1. The Bertz CT molecular complexity index is 1220. The Morgan fingerprint density at radius 2 is 1.67 bits per heavy atom. The first-order valence-electron chi connectivity index (χ1n) is 10.3. The van der Waals surface area contributed by atoms with Crippen LogP contribution in [-0.2, 0) is 9.59 Å². The third kappa shape index (κ3) is 4.31. The van der Waals surface area contributed by atoms with Crippen molar-refractivity contribution in [1.82, 2.24) is 10.2 Å². The second-order valence-electron chi connectivity index (χ2n) is 7.74. The molecule has 0 spiro atoms. The van der Waals surface area contributed by atoms with E-state index in [9.17, 15) is 14.7 Å². The zero-order valence-corrected chi connectivity index (χ0v) is 19.4. The van der Waals surface area contributed by atoms with Gasteiger partial charge in [0.25, 0.3) is 5.78 Å². The van der Waals surface area contributed by atoms with Crippen molar-refractivity contribution < 1.29 is 24.2 Å². The minimum absolute atomic E-state index is 0.000190. The summed E-state index contributed by atoms with van der Waals surface area (Å²) in [6.07, 6.45) is 0.000190. The van der Waals surface area contributed by atoms with Gasteiger partial charge >= 0.3 is 5.91 Å². The van der Waals surface area contributed by atoms with Gasteiger partial charge in [0, 0.05) is 5.56 Å². The van der Waals surface area contributed by atoms with Gasteiger partial charge in [-0.15, -0.1) is 10.2 Å². The lowest BCUT2D eigenvalue weighted by Crippen LogP contribution is -2.29. The smallest absolute Gasteiger partial charge is 0.301 e. The van der Waals surface area contributed by atoms with Gasteiger partial charge in [-0.1, -0.05) is 23.5 Å². The number of amides is 1. The molecule has 1 amide bonds. The van der Waals surface area contributed by atoms with Crippen LogP contribution in [0.15, 0.2) is 54.1 Å². The maximum absolute atomic E-state index is 13.1. The summed E-state index contributed by atoms with van der Waals surface area (Å²) < 4.78 is 10.9. The highest BCUT2D eigenvalue weighted by Gasteiger charge is 2.48. The fraction of sp³-hybridized carbons (Fsp3) is 0.250. The van der Waals surface area contributed by atoms with E-state index in [2.05, 4.69) is 10.2 Å². The number of Topliss-reactive ketones (excluding diaryl/α,β-unsaturated/α-hetero) is 1. The van der Waals surface area contributed by atoms with Crippen molar-refractivity contribution in [3.63, 3.8) is 0 Å². The standard InChI is InChI=1S/C24H23N3O5S/c1-13(2)32-18-11-7-16(8-12-18)21(28)19-20(15-5-9-17(31-4)10-6-15)27(23(30)22(19)29)24-26-25-14(3)33-24/h5-13,20,28H,1-4H3/b21-19+. The van der Waals surface area contributed by atoms with Crippen LogP contribution in [0, 0.1) is 6.92 Å². The molecule has 8 nitrogen and oxygen atoms in total. The van der Waals surface area contributed by atoms with Crippen molar-refractivity contribution in [2.45, 2.75) is 32.9 Å². The van der Waals surface area contributed by atoms with Crippen LogP contribution in [0.25, 0.3) is 5.76 Å². The van der Waals surface area contributed by atoms with Gasteiger partial charge in [0.2, 0.25) is 5.13 Å². The molecule has 1 aliphatic heterocycles. The normalized spacial score (nSPS) is 17.6. The van der Waals surface area contributed by atoms with Crippen LogP contribution in [0.3, 0.4) is 0 Å². The van der Waals surface area contributed by atoms with E-state index in [-0.39, 0.29) is 22.6 Å². The van der Waals surface area contributed by atoms with Gasteiger partial charge in [0.1, 0.15) is 22.3 Å². The number of benzene rings is 2. The van der Waals surface area contributed by atoms with Crippen molar-refractivity contribution in [3.8, 4) is 11.5 Å². The topological polar surface area (TPSA) is 102 Å². The molecule has 4 rings (SSSR count). The lowest BCUT2D eigenvalue weighted by molar-refractivity contribution is -0.132. The van der Waals surface area contributed by atoms with Gasteiger partial charge in [0.05, 0.1) is 24.8 Å². The summed E-state index contributed by atoms with van der Waals surface area (Å²) in [4.78, 5) is 27.5. The van der Waals surface area contributed by atoms with Crippen LogP contribution in [0.2, 0.25) is 0 Å². The van der Waals surface area contributed by atoms with Crippen LogP contribution in [0.4, 0.5) is 5.13 Å². The molecule has 2 aromatic carbocycles. The number of aromatic nitrogens is 2. The number of carbonyl (C=O) groups is 2. The predicted molar refractivity (Wildman–Crippen MR) is 125 cm³/mol. The Labute approximate surface area is 195 Å². The number of nitrogens with zero attached hydrogens (tertiary/aromatic N) is 3. The number of hydrogen-bond acceptors (Lipinski definition) is 8. The molecular formula is C24H23N3O5S. The van der Waals surface area contributed by atoms with E-state index in [1.54, 1.807) is 62.6 Å². The Morgan fingerprint density at radius 1 is 1.03 bits per heavy atom. The van der Waals surface area contributed by atoms with E-state index in [0.29, 0.717) is 27.6 Å². The Hall–Kier alpha value is -3.72. The largest absolute Gasteiger partial charge is 0.507 e. The van der Waals surface area contributed by atoms with E-state index in [1.165, 1.54) is 16.2 Å². The molecular weight excluding hydrogens is 442 g/mol. The van der Waals surface area contributed by atoms with Crippen LogP contribution >= 0.6 is 11.3 Å². The van der Waals surface area contributed by atoms with E-state index in [0.717, 1.165) is 0 Å². The number of carbonyl (C=O) groups excluding carboxylic acids is 2. The average Bonchev–Trinajstić information content (AvgIpc) is 3.34. The predicted octanol–water partition coefficient (Wildman–Crippen LogP) is 4.27. The van der Waals surface area contributed by atoms with Crippen molar-refractivity contribution in [2.24, 2.45) is 0 Å². The van der Waals surface area contributed by atoms with Crippen molar-refractivity contribution in [3.05, 3.63) is 70.2 Å². The van der Waals surface area contributed by atoms with E-state index in [4.69, 9.17) is 9.47 Å². The van der Waals surface area contributed by atoms with E-state index >= 15 is 0 Å². The van der Waals surface area contributed by atoms with E-state index < -0.39 is 17.7 Å². The Kier molecular flexibility index (Phi) is 6.15. The number of ketones is 1. The first-order valence-corrected chi connectivity index (χ1v) is 11.1. The summed E-state index contributed by atoms with van der Waals surface area (Å²) in [6.45, 7) is 5.60. The molecule has 1 aromatic heterocycles. The first kappa shape index (κ1) is 22.5. The second-order valence-corrected chi connectivity index (χ2v) is 8.90. The monoisotopic (exact) mass is 465 g/mol. The van der Waals surface area contributed by atoms with Crippen LogP contribution < -0.4 is 14.4 Å². The Balaban J connectivity index is 1.84. The summed E-state index contributed by atoms with van der Waals surface area (Å²) in [5.41, 5.74) is 1.01. The molecule has 3 aromatic rings. The average molecular weight is 466 g/mol. The zero-order chi connectivity index (χ0) is 23.7. The van der Waals surface area contributed by atoms with Gasteiger partial charge in [-0.3, -0.25) is 14.5 Å². The maximum Gasteiger partial charge on any atom is 0.301 e. The molecule has 170 valence electrons. The molecule has 2 heterocycles. The molecule has 1 aliphatic rings. The summed E-state index contributed by atoms with van der Waals surface area (Å²) in [6, 6.07) is 12.8. The van der Waals surface area contributed by atoms with Gasteiger partial charge < -0.3 is 14.6 Å². The molecule has 1 atom stereocenters. The minimum atomic E-state index is -0.866. The number of aliphatic hydroxyl groups excluding tert-OH is 1. The summed E-state index contributed by atoms with van der Waals surface area (Å²) in [5, 5.41) is 20.2. The molecule has 0 radical (unpaired) electrons. The number of ether oxygens (including phenoxy) is 2. The molecule has 33 heavy (non-hydrogen) atoms. The van der Waals surface area contributed by atoms with Crippen molar-refractivity contribution >= 4 is 33.9 Å². The third-order valence-electron chi connectivity index (χ3n) is 5.10. The molecule has 1 unspecified atom stereocenters. The lowest BCUT2D eigenvalue weighted by atomic mass is 9.95. The second kappa shape index (κ2) is 9.03. The summed E-state index contributed by atoms with van der Waals surface area (Å²) in [7, 11) is 1.55.